The molecule has 3 atom stereocenters. The van der Waals surface area contributed by atoms with Crippen molar-refractivity contribution in [1.29, 1.82) is 0 Å². The van der Waals surface area contributed by atoms with E-state index in [0.29, 0.717) is 17.9 Å². The van der Waals surface area contributed by atoms with Gasteiger partial charge in [0, 0.05) is 32.0 Å². The fraction of sp³-hybridized carbons (Fsp3) is 0.647. The van der Waals surface area contributed by atoms with Gasteiger partial charge < -0.3 is 19.5 Å². The lowest BCUT2D eigenvalue weighted by molar-refractivity contribution is 0.00816. The maximum Gasteiger partial charge on any atom is 0.188 e. The quantitative estimate of drug-likeness (QED) is 0.847. The molecule has 1 saturated carbocycles. The SMILES string of the molecule is COCOc1cc(C)ccc1O[C@@H]1[C@@H]2CCC[C@H]1CNC2. The fourth-order valence-corrected chi connectivity index (χ4v) is 3.53. The number of benzene rings is 1. The Morgan fingerprint density at radius 3 is 2.62 bits per heavy atom. The molecule has 2 fully saturated rings. The van der Waals surface area contributed by atoms with E-state index in [1.54, 1.807) is 7.11 Å². The second-order valence-electron chi connectivity index (χ2n) is 6.19. The number of piperidine rings is 1. The molecular formula is C17H25NO3. The van der Waals surface area contributed by atoms with Gasteiger partial charge in [-0.25, -0.2) is 0 Å². The molecule has 0 radical (unpaired) electrons. The Hall–Kier alpha value is -1.26. The summed E-state index contributed by atoms with van der Waals surface area (Å²) in [7, 11) is 1.63. The predicted octanol–water partition coefficient (Wildman–Crippen LogP) is 2.74. The Morgan fingerprint density at radius 2 is 1.90 bits per heavy atom. The first-order valence-corrected chi connectivity index (χ1v) is 7.87. The lowest BCUT2D eigenvalue weighted by Crippen LogP contribution is -2.51. The van der Waals surface area contributed by atoms with Gasteiger partial charge in [-0.3, -0.25) is 0 Å². The molecule has 0 amide bonds. The Kier molecular flexibility index (Phi) is 4.66. The minimum atomic E-state index is 0.249. The Labute approximate surface area is 126 Å². The van der Waals surface area contributed by atoms with E-state index in [0.717, 1.165) is 24.6 Å². The molecule has 0 aromatic heterocycles. The first-order chi connectivity index (χ1) is 10.3. The molecule has 1 aliphatic carbocycles. The molecule has 21 heavy (non-hydrogen) atoms. The maximum atomic E-state index is 6.38. The summed E-state index contributed by atoms with van der Waals surface area (Å²) in [6, 6.07) is 6.12. The lowest BCUT2D eigenvalue weighted by Gasteiger charge is -2.42. The zero-order valence-corrected chi connectivity index (χ0v) is 12.9. The van der Waals surface area contributed by atoms with Gasteiger partial charge in [0.2, 0.25) is 0 Å². The number of fused-ring (bicyclic) bond motifs is 2. The average Bonchev–Trinajstić information content (AvgIpc) is 2.47. The molecular weight excluding hydrogens is 266 g/mol. The first kappa shape index (κ1) is 14.7. The summed E-state index contributed by atoms with van der Waals surface area (Å²) in [5.74, 6) is 2.87. The summed E-state index contributed by atoms with van der Waals surface area (Å²) in [5, 5.41) is 3.53. The lowest BCUT2D eigenvalue weighted by atomic mass is 9.76. The molecule has 116 valence electrons. The van der Waals surface area contributed by atoms with Gasteiger partial charge in [-0.05, 0) is 37.5 Å². The van der Waals surface area contributed by atoms with Crippen LogP contribution >= 0.6 is 0 Å². The summed E-state index contributed by atoms with van der Waals surface area (Å²) >= 11 is 0. The van der Waals surface area contributed by atoms with Crippen LogP contribution in [0.2, 0.25) is 0 Å². The predicted molar refractivity (Wildman–Crippen MR) is 81.8 cm³/mol. The van der Waals surface area contributed by atoms with Crippen molar-refractivity contribution < 1.29 is 14.2 Å². The highest BCUT2D eigenvalue weighted by Crippen LogP contribution is 2.37. The summed E-state index contributed by atoms with van der Waals surface area (Å²) < 4.78 is 17.1. The Morgan fingerprint density at radius 1 is 1.14 bits per heavy atom. The van der Waals surface area contributed by atoms with Crippen molar-refractivity contribution in [2.24, 2.45) is 11.8 Å². The average molecular weight is 291 g/mol. The number of aryl methyl sites for hydroxylation is 1. The first-order valence-electron chi connectivity index (χ1n) is 7.87. The monoisotopic (exact) mass is 291 g/mol. The van der Waals surface area contributed by atoms with Crippen molar-refractivity contribution in [3.63, 3.8) is 0 Å². The molecule has 4 nitrogen and oxygen atoms in total. The normalized spacial score (nSPS) is 28.2. The van der Waals surface area contributed by atoms with E-state index >= 15 is 0 Å². The molecule has 1 aliphatic heterocycles. The number of rotatable bonds is 5. The Balaban J connectivity index is 1.77. The van der Waals surface area contributed by atoms with Crippen LogP contribution in [0.25, 0.3) is 0 Å². The van der Waals surface area contributed by atoms with Gasteiger partial charge in [-0.15, -0.1) is 0 Å². The van der Waals surface area contributed by atoms with Crippen molar-refractivity contribution in [2.75, 3.05) is 27.0 Å². The summed E-state index contributed by atoms with van der Waals surface area (Å²) in [4.78, 5) is 0. The molecule has 1 saturated heterocycles. The Bertz CT molecular complexity index is 455. The zero-order valence-electron chi connectivity index (χ0n) is 12.9. The van der Waals surface area contributed by atoms with Crippen molar-refractivity contribution in [2.45, 2.75) is 32.3 Å². The van der Waals surface area contributed by atoms with Crippen molar-refractivity contribution >= 4 is 0 Å². The number of ether oxygens (including phenoxy) is 3. The highest BCUT2D eigenvalue weighted by molar-refractivity contribution is 5.42. The molecule has 0 unspecified atom stereocenters. The third-order valence-corrected chi connectivity index (χ3v) is 4.59. The second-order valence-corrected chi connectivity index (χ2v) is 6.19. The summed E-state index contributed by atoms with van der Waals surface area (Å²) in [5.41, 5.74) is 1.17. The van der Waals surface area contributed by atoms with E-state index in [9.17, 15) is 0 Å². The van der Waals surface area contributed by atoms with Crippen LogP contribution < -0.4 is 14.8 Å². The summed E-state index contributed by atoms with van der Waals surface area (Å²) in [6.07, 6.45) is 4.16. The van der Waals surface area contributed by atoms with Crippen LogP contribution in [-0.4, -0.2) is 33.1 Å². The third-order valence-electron chi connectivity index (χ3n) is 4.59. The van der Waals surface area contributed by atoms with E-state index < -0.39 is 0 Å². The van der Waals surface area contributed by atoms with Gasteiger partial charge in [0.05, 0.1) is 0 Å². The third kappa shape index (κ3) is 3.33. The summed E-state index contributed by atoms with van der Waals surface area (Å²) in [6.45, 7) is 4.45. The van der Waals surface area contributed by atoms with Gasteiger partial charge in [0.15, 0.2) is 18.3 Å². The van der Waals surface area contributed by atoms with Crippen LogP contribution in [0.4, 0.5) is 0 Å². The van der Waals surface area contributed by atoms with E-state index in [-0.39, 0.29) is 6.79 Å². The largest absolute Gasteiger partial charge is 0.486 e. The van der Waals surface area contributed by atoms with Crippen molar-refractivity contribution in [1.82, 2.24) is 5.32 Å². The minimum Gasteiger partial charge on any atom is -0.486 e. The molecule has 1 aromatic rings. The van der Waals surface area contributed by atoms with Gasteiger partial charge in [0.25, 0.3) is 0 Å². The molecule has 3 rings (SSSR count). The number of nitrogens with one attached hydrogen (secondary N) is 1. The number of methoxy groups -OCH3 is 1. The van der Waals surface area contributed by atoms with Crippen LogP contribution in [0.1, 0.15) is 24.8 Å². The number of hydrogen-bond acceptors (Lipinski definition) is 4. The maximum absolute atomic E-state index is 6.38. The van der Waals surface area contributed by atoms with Crippen molar-refractivity contribution in [3.05, 3.63) is 23.8 Å². The van der Waals surface area contributed by atoms with E-state index in [1.165, 1.54) is 24.8 Å². The standard InChI is InChI=1S/C17H25NO3/c1-12-6-7-15(16(8-12)20-11-19-2)21-17-13-4-3-5-14(17)10-18-9-13/h6-8,13-14,17-18H,3-5,9-11H2,1-2H3/t13-,14+,17-. The molecule has 1 N–H and O–H groups in total. The molecule has 1 heterocycles. The molecule has 2 bridgehead atoms. The fourth-order valence-electron chi connectivity index (χ4n) is 3.53. The minimum absolute atomic E-state index is 0.249. The smallest absolute Gasteiger partial charge is 0.188 e. The van der Waals surface area contributed by atoms with E-state index in [4.69, 9.17) is 14.2 Å². The zero-order chi connectivity index (χ0) is 14.7. The van der Waals surface area contributed by atoms with Crippen LogP contribution in [0, 0.1) is 18.8 Å². The van der Waals surface area contributed by atoms with Crippen LogP contribution in [0.15, 0.2) is 18.2 Å². The van der Waals surface area contributed by atoms with Crippen LogP contribution in [-0.2, 0) is 4.74 Å². The van der Waals surface area contributed by atoms with Gasteiger partial charge in [-0.1, -0.05) is 12.5 Å². The molecule has 1 aromatic carbocycles. The number of hydrogen-bond donors (Lipinski definition) is 1. The molecule has 4 heteroatoms. The van der Waals surface area contributed by atoms with Gasteiger partial charge in [0.1, 0.15) is 6.10 Å². The van der Waals surface area contributed by atoms with E-state index in [2.05, 4.69) is 18.3 Å². The second kappa shape index (κ2) is 6.67. The highest BCUT2D eigenvalue weighted by Gasteiger charge is 2.38. The van der Waals surface area contributed by atoms with E-state index in [1.807, 2.05) is 12.1 Å². The highest BCUT2D eigenvalue weighted by atomic mass is 16.7. The van der Waals surface area contributed by atoms with Crippen LogP contribution in [0.5, 0.6) is 11.5 Å². The van der Waals surface area contributed by atoms with Gasteiger partial charge in [-0.2, -0.15) is 0 Å². The molecule has 0 spiro atoms. The molecule has 2 aliphatic rings. The van der Waals surface area contributed by atoms with Crippen molar-refractivity contribution in [3.8, 4) is 11.5 Å². The van der Waals surface area contributed by atoms with Gasteiger partial charge >= 0.3 is 0 Å². The topological polar surface area (TPSA) is 39.7 Å². The van der Waals surface area contributed by atoms with Crippen LogP contribution in [0.3, 0.4) is 0 Å².